The van der Waals surface area contributed by atoms with Crippen molar-refractivity contribution < 1.29 is 14.3 Å². The molecule has 0 saturated heterocycles. The summed E-state index contributed by atoms with van der Waals surface area (Å²) in [5.41, 5.74) is 2.15. The number of carbonyl (C=O) groups excluding carboxylic acids is 2. The van der Waals surface area contributed by atoms with Crippen LogP contribution in [0.3, 0.4) is 0 Å². The van der Waals surface area contributed by atoms with Crippen LogP contribution in [-0.2, 0) is 20.7 Å². The molecule has 1 N–H and O–H groups in total. The van der Waals surface area contributed by atoms with E-state index in [1.807, 2.05) is 28.8 Å². The quantitative estimate of drug-likeness (QED) is 0.260. The Morgan fingerprint density at radius 3 is 2.79 bits per heavy atom. The molecule has 0 bridgehead atoms. The zero-order valence-electron chi connectivity index (χ0n) is 18.0. The molecule has 4 rings (SSSR count). The monoisotopic (exact) mass is 514 g/mol. The summed E-state index contributed by atoms with van der Waals surface area (Å²) in [5.74, 6) is 0.0813. The zero-order valence-corrected chi connectivity index (χ0v) is 20.4. The molecule has 0 fully saturated rings. The molecule has 3 aromatic heterocycles. The molecule has 3 heterocycles. The van der Waals surface area contributed by atoms with Crippen molar-refractivity contribution in [2.75, 3.05) is 17.7 Å². The minimum atomic E-state index is -0.355. The molecule has 0 unspecified atom stereocenters. The first-order valence-electron chi connectivity index (χ1n) is 10.2. The number of thiazole rings is 1. The van der Waals surface area contributed by atoms with Crippen LogP contribution in [0.2, 0.25) is 5.02 Å². The fraction of sp³-hybridized carbons (Fsp3) is 0.182. The molecule has 0 radical (unpaired) electrons. The van der Waals surface area contributed by atoms with Crippen molar-refractivity contribution >= 4 is 51.7 Å². The lowest BCUT2D eigenvalue weighted by Gasteiger charge is -2.10. The number of halogens is 1. The molecule has 0 aliphatic carbocycles. The summed E-state index contributed by atoms with van der Waals surface area (Å²) >= 11 is 8.70. The smallest absolute Gasteiger partial charge is 0.311 e. The molecule has 9 nitrogen and oxygen atoms in total. The topological polar surface area (TPSA) is 112 Å². The average Bonchev–Trinajstić information content (AvgIpc) is 3.45. The highest BCUT2D eigenvalue weighted by Crippen LogP contribution is 2.29. The molecule has 0 atom stereocenters. The van der Waals surface area contributed by atoms with E-state index in [4.69, 9.17) is 16.3 Å². The Morgan fingerprint density at radius 2 is 2.03 bits per heavy atom. The summed E-state index contributed by atoms with van der Waals surface area (Å²) in [7, 11) is 0. The van der Waals surface area contributed by atoms with Crippen LogP contribution >= 0.6 is 34.7 Å². The third-order valence-electron chi connectivity index (χ3n) is 4.40. The van der Waals surface area contributed by atoms with Crippen molar-refractivity contribution in [2.45, 2.75) is 18.5 Å². The summed E-state index contributed by atoms with van der Waals surface area (Å²) in [6.07, 6.45) is 3.42. The van der Waals surface area contributed by atoms with Gasteiger partial charge in [0.25, 0.3) is 0 Å². The van der Waals surface area contributed by atoms with E-state index in [0.717, 1.165) is 11.3 Å². The second-order valence-corrected chi connectivity index (χ2v) is 9.06. The van der Waals surface area contributed by atoms with Gasteiger partial charge in [-0.1, -0.05) is 29.4 Å². The van der Waals surface area contributed by atoms with Crippen molar-refractivity contribution in [3.05, 3.63) is 64.9 Å². The molecule has 12 heteroatoms. The van der Waals surface area contributed by atoms with Crippen LogP contribution in [-0.4, -0.2) is 49.0 Å². The minimum Gasteiger partial charge on any atom is -0.466 e. The number of hydrogen-bond acceptors (Lipinski definition) is 9. The third-order valence-corrected chi connectivity index (χ3v) is 6.37. The SMILES string of the molecule is CCOC(=O)Cc1csc(NC(=O)CSc2nnc(-c3ccncc3)n2-c2cccc(Cl)c2)n1. The van der Waals surface area contributed by atoms with E-state index in [1.165, 1.54) is 23.1 Å². The Hall–Kier alpha value is -3.28. The fourth-order valence-electron chi connectivity index (χ4n) is 2.99. The molecule has 0 saturated carbocycles. The van der Waals surface area contributed by atoms with Gasteiger partial charge in [0, 0.05) is 28.4 Å². The van der Waals surface area contributed by atoms with Crippen LogP contribution in [0.25, 0.3) is 17.1 Å². The van der Waals surface area contributed by atoms with Gasteiger partial charge >= 0.3 is 5.97 Å². The number of amides is 1. The highest BCUT2D eigenvalue weighted by Gasteiger charge is 2.18. The third kappa shape index (κ3) is 5.99. The highest BCUT2D eigenvalue weighted by molar-refractivity contribution is 7.99. The Kier molecular flexibility index (Phi) is 7.88. The number of hydrogen-bond donors (Lipinski definition) is 1. The lowest BCUT2D eigenvalue weighted by Crippen LogP contribution is -2.15. The molecule has 4 aromatic rings. The largest absolute Gasteiger partial charge is 0.466 e. The van der Waals surface area contributed by atoms with Gasteiger partial charge in [0.15, 0.2) is 16.1 Å². The number of rotatable bonds is 9. The molecule has 174 valence electrons. The first-order valence-corrected chi connectivity index (χ1v) is 12.4. The summed E-state index contributed by atoms with van der Waals surface area (Å²) < 4.78 is 6.77. The summed E-state index contributed by atoms with van der Waals surface area (Å²) in [6.45, 7) is 2.06. The standard InChI is InChI=1S/C22H19ClN6O3S2/c1-2-32-19(31)11-16-12-33-21(25-16)26-18(30)13-34-22-28-27-20(14-6-8-24-9-7-14)29(22)17-5-3-4-15(23)10-17/h3-10,12H,2,11,13H2,1H3,(H,25,26,30). The molecule has 0 spiro atoms. The van der Waals surface area contributed by atoms with Gasteiger partial charge in [-0.3, -0.25) is 19.1 Å². The Balaban J connectivity index is 1.48. The van der Waals surface area contributed by atoms with E-state index in [2.05, 4.69) is 25.5 Å². The van der Waals surface area contributed by atoms with E-state index in [0.29, 0.717) is 33.4 Å². The highest BCUT2D eigenvalue weighted by atomic mass is 35.5. The van der Waals surface area contributed by atoms with Crippen LogP contribution in [0.1, 0.15) is 12.6 Å². The normalized spacial score (nSPS) is 10.8. The predicted octanol–water partition coefficient (Wildman–Crippen LogP) is 4.28. The van der Waals surface area contributed by atoms with Gasteiger partial charge in [0.05, 0.1) is 30.2 Å². The predicted molar refractivity (Wildman–Crippen MR) is 131 cm³/mol. The van der Waals surface area contributed by atoms with E-state index >= 15 is 0 Å². The molecular formula is C22H19ClN6O3S2. The summed E-state index contributed by atoms with van der Waals surface area (Å²) in [4.78, 5) is 32.5. The summed E-state index contributed by atoms with van der Waals surface area (Å²) in [6, 6.07) is 11.0. The van der Waals surface area contributed by atoms with Crippen molar-refractivity contribution in [3.63, 3.8) is 0 Å². The van der Waals surface area contributed by atoms with Gasteiger partial charge < -0.3 is 10.1 Å². The first-order chi connectivity index (χ1) is 16.5. The maximum Gasteiger partial charge on any atom is 0.311 e. The number of carbonyl (C=O) groups is 2. The number of nitrogens with one attached hydrogen (secondary N) is 1. The van der Waals surface area contributed by atoms with Crippen LogP contribution in [0.4, 0.5) is 5.13 Å². The zero-order chi connectivity index (χ0) is 23.9. The Labute approximate surface area is 208 Å². The van der Waals surface area contributed by atoms with Crippen LogP contribution < -0.4 is 5.32 Å². The van der Waals surface area contributed by atoms with E-state index < -0.39 is 0 Å². The number of nitrogens with zero attached hydrogens (tertiary/aromatic N) is 5. The number of esters is 1. The molecular weight excluding hydrogens is 496 g/mol. The van der Waals surface area contributed by atoms with Gasteiger partial charge in [-0.05, 0) is 37.3 Å². The van der Waals surface area contributed by atoms with Crippen molar-refractivity contribution in [1.82, 2.24) is 24.7 Å². The molecule has 1 aromatic carbocycles. The lowest BCUT2D eigenvalue weighted by molar-refractivity contribution is -0.142. The van der Waals surface area contributed by atoms with Gasteiger partial charge in [0.1, 0.15) is 0 Å². The van der Waals surface area contributed by atoms with Crippen LogP contribution in [0.5, 0.6) is 0 Å². The number of aromatic nitrogens is 5. The van der Waals surface area contributed by atoms with Crippen molar-refractivity contribution in [2.24, 2.45) is 0 Å². The Morgan fingerprint density at radius 1 is 1.21 bits per heavy atom. The number of pyridine rings is 1. The van der Waals surface area contributed by atoms with Gasteiger partial charge in [0.2, 0.25) is 5.91 Å². The van der Waals surface area contributed by atoms with Crippen molar-refractivity contribution in [3.8, 4) is 17.1 Å². The molecule has 0 aliphatic heterocycles. The number of benzene rings is 1. The van der Waals surface area contributed by atoms with E-state index in [9.17, 15) is 9.59 Å². The Bertz CT molecular complexity index is 1290. The van der Waals surface area contributed by atoms with Gasteiger partial charge in [-0.25, -0.2) is 4.98 Å². The molecule has 34 heavy (non-hydrogen) atoms. The second-order valence-electron chi connectivity index (χ2n) is 6.82. The van der Waals surface area contributed by atoms with Gasteiger partial charge in [-0.15, -0.1) is 21.5 Å². The molecule has 1 amide bonds. The number of ether oxygens (including phenoxy) is 1. The number of anilines is 1. The van der Waals surface area contributed by atoms with Crippen LogP contribution in [0, 0.1) is 0 Å². The molecule has 0 aliphatic rings. The maximum absolute atomic E-state index is 12.6. The average molecular weight is 515 g/mol. The van der Waals surface area contributed by atoms with E-state index in [1.54, 1.807) is 36.8 Å². The minimum absolute atomic E-state index is 0.0650. The second kappa shape index (κ2) is 11.2. The fourth-order valence-corrected chi connectivity index (χ4v) is 4.65. The number of thioether (sulfide) groups is 1. The first kappa shape index (κ1) is 23.9. The van der Waals surface area contributed by atoms with Gasteiger partial charge in [-0.2, -0.15) is 0 Å². The van der Waals surface area contributed by atoms with Crippen molar-refractivity contribution in [1.29, 1.82) is 0 Å². The maximum atomic E-state index is 12.6. The summed E-state index contributed by atoms with van der Waals surface area (Å²) in [5, 5.41) is 14.6. The van der Waals surface area contributed by atoms with Crippen LogP contribution in [0.15, 0.2) is 59.3 Å². The lowest BCUT2D eigenvalue weighted by atomic mass is 10.2. The van der Waals surface area contributed by atoms with E-state index in [-0.39, 0.29) is 24.1 Å².